The molecule has 0 saturated heterocycles. The first-order valence-corrected chi connectivity index (χ1v) is 9.20. The highest BCUT2D eigenvalue weighted by atomic mass is 127. The summed E-state index contributed by atoms with van der Waals surface area (Å²) in [6, 6.07) is 5.61. The number of aliphatic imine (C=N–C) groups is 1. The van der Waals surface area contributed by atoms with Crippen LogP contribution in [0.15, 0.2) is 40.1 Å². The Balaban J connectivity index is 0.00000280. The number of hydrogen-bond donors (Lipinski definition) is 2. The van der Waals surface area contributed by atoms with Crippen molar-refractivity contribution in [2.75, 3.05) is 20.1 Å². The molecule has 0 aliphatic rings. The van der Waals surface area contributed by atoms with Crippen LogP contribution < -0.4 is 5.32 Å². The molecule has 0 bridgehead atoms. The van der Waals surface area contributed by atoms with Crippen LogP contribution in [0.3, 0.4) is 0 Å². The van der Waals surface area contributed by atoms with Crippen LogP contribution in [-0.4, -0.2) is 50.7 Å². The van der Waals surface area contributed by atoms with Crippen molar-refractivity contribution in [1.82, 2.24) is 30.0 Å². The Bertz CT molecular complexity index is 888. The summed E-state index contributed by atoms with van der Waals surface area (Å²) in [4.78, 5) is 11.2. The van der Waals surface area contributed by atoms with E-state index in [2.05, 4.69) is 32.3 Å². The van der Waals surface area contributed by atoms with Crippen molar-refractivity contribution in [3.05, 3.63) is 47.2 Å². The van der Waals surface area contributed by atoms with Crippen LogP contribution in [-0.2, 0) is 20.0 Å². The lowest BCUT2D eigenvalue weighted by atomic mass is 10.4. The molecule has 0 radical (unpaired) electrons. The number of H-pyrrole nitrogens is 1. The second-order valence-electron chi connectivity index (χ2n) is 6.19. The minimum Gasteiger partial charge on any atom is -0.461 e. The predicted molar refractivity (Wildman–Crippen MR) is 121 cm³/mol. The molecule has 2 N–H and O–H groups in total. The molecular weight excluding hydrogens is 493 g/mol. The van der Waals surface area contributed by atoms with Gasteiger partial charge in [0.15, 0.2) is 11.7 Å². The van der Waals surface area contributed by atoms with E-state index in [4.69, 9.17) is 21.0 Å². The molecule has 0 atom stereocenters. The minimum atomic E-state index is 0. The maximum absolute atomic E-state index is 6.07. The highest BCUT2D eigenvalue weighted by molar-refractivity contribution is 14.0. The third-order valence-electron chi connectivity index (χ3n) is 4.05. The second-order valence-corrected chi connectivity index (χ2v) is 6.62. The SMILES string of the molecule is CCNC(=NCCc1nc(-c2ccco2)n[nH]1)N(C)Cc1cc(Cl)cn1C.I. The number of aryl methyl sites for hydroxylation is 1. The Morgan fingerprint density at radius 2 is 2.29 bits per heavy atom. The topological polar surface area (TPSA) is 87.3 Å². The van der Waals surface area contributed by atoms with Crippen molar-refractivity contribution < 1.29 is 4.42 Å². The Morgan fingerprint density at radius 1 is 1.46 bits per heavy atom. The number of guanidine groups is 1. The van der Waals surface area contributed by atoms with Crippen molar-refractivity contribution in [1.29, 1.82) is 0 Å². The molecule has 8 nitrogen and oxygen atoms in total. The molecule has 152 valence electrons. The van der Waals surface area contributed by atoms with Gasteiger partial charge in [0.05, 0.1) is 17.8 Å². The molecule has 0 unspecified atom stereocenters. The van der Waals surface area contributed by atoms with Gasteiger partial charge in [-0.15, -0.1) is 24.0 Å². The van der Waals surface area contributed by atoms with Gasteiger partial charge in [0, 0.05) is 45.5 Å². The molecular formula is C18H25ClIN7O. The van der Waals surface area contributed by atoms with Gasteiger partial charge < -0.3 is 19.2 Å². The van der Waals surface area contributed by atoms with E-state index in [1.165, 1.54) is 0 Å². The van der Waals surface area contributed by atoms with Crippen molar-refractivity contribution in [2.24, 2.45) is 12.0 Å². The summed E-state index contributed by atoms with van der Waals surface area (Å²) in [5.41, 5.74) is 1.12. The summed E-state index contributed by atoms with van der Waals surface area (Å²) < 4.78 is 7.33. The monoisotopic (exact) mass is 517 g/mol. The zero-order valence-corrected chi connectivity index (χ0v) is 19.2. The van der Waals surface area contributed by atoms with Gasteiger partial charge in [-0.3, -0.25) is 10.1 Å². The van der Waals surface area contributed by atoms with Gasteiger partial charge >= 0.3 is 0 Å². The Hall–Kier alpha value is -2.01. The highest BCUT2D eigenvalue weighted by Gasteiger charge is 2.11. The Morgan fingerprint density at radius 3 is 2.93 bits per heavy atom. The maximum atomic E-state index is 6.07. The zero-order chi connectivity index (χ0) is 19.2. The van der Waals surface area contributed by atoms with Crippen molar-refractivity contribution in [3.8, 4) is 11.6 Å². The number of furan rings is 1. The molecule has 0 saturated carbocycles. The predicted octanol–water partition coefficient (Wildman–Crippen LogP) is 3.31. The fourth-order valence-electron chi connectivity index (χ4n) is 2.70. The van der Waals surface area contributed by atoms with Crippen LogP contribution in [0.4, 0.5) is 0 Å². The van der Waals surface area contributed by atoms with E-state index in [-0.39, 0.29) is 24.0 Å². The van der Waals surface area contributed by atoms with Gasteiger partial charge in [0.2, 0.25) is 5.82 Å². The summed E-state index contributed by atoms with van der Waals surface area (Å²) in [6.07, 6.45) is 4.16. The number of aromatic nitrogens is 4. The number of halogens is 2. The standard InChI is InChI=1S/C18H24ClN7O.HI/c1-4-20-18(26(3)12-14-10-13(19)11-25(14)2)21-8-7-16-22-17(24-23-16)15-6-5-9-27-15;/h5-6,9-11H,4,7-8,12H2,1-3H3,(H,20,21)(H,22,23,24);1H. The summed E-state index contributed by atoms with van der Waals surface area (Å²) >= 11 is 6.07. The van der Waals surface area contributed by atoms with Gasteiger partial charge in [-0.05, 0) is 25.1 Å². The van der Waals surface area contributed by atoms with E-state index in [9.17, 15) is 0 Å². The molecule has 3 rings (SSSR count). The summed E-state index contributed by atoms with van der Waals surface area (Å²) in [6.45, 7) is 4.14. The van der Waals surface area contributed by atoms with Crippen molar-refractivity contribution >= 4 is 41.5 Å². The molecule has 3 heterocycles. The lowest BCUT2D eigenvalue weighted by Gasteiger charge is -2.22. The van der Waals surface area contributed by atoms with E-state index in [0.717, 1.165) is 29.0 Å². The smallest absolute Gasteiger partial charge is 0.216 e. The number of aromatic amines is 1. The van der Waals surface area contributed by atoms with Crippen LogP contribution in [0.1, 0.15) is 18.4 Å². The molecule has 0 fully saturated rings. The molecule has 3 aromatic rings. The number of rotatable bonds is 7. The minimum absolute atomic E-state index is 0. The number of nitrogens with one attached hydrogen (secondary N) is 2. The van der Waals surface area contributed by atoms with Crippen LogP contribution in [0, 0.1) is 0 Å². The number of nitrogens with zero attached hydrogens (tertiary/aromatic N) is 5. The normalized spacial score (nSPS) is 11.4. The molecule has 0 amide bonds. The van der Waals surface area contributed by atoms with Crippen LogP contribution in [0.2, 0.25) is 5.02 Å². The van der Waals surface area contributed by atoms with Crippen molar-refractivity contribution in [2.45, 2.75) is 19.9 Å². The molecule has 0 spiro atoms. The van der Waals surface area contributed by atoms with Crippen LogP contribution >= 0.6 is 35.6 Å². The molecule has 0 aromatic carbocycles. The van der Waals surface area contributed by atoms with E-state index in [1.807, 2.05) is 43.1 Å². The van der Waals surface area contributed by atoms with Crippen molar-refractivity contribution in [3.63, 3.8) is 0 Å². The number of hydrogen-bond acceptors (Lipinski definition) is 4. The first kappa shape index (κ1) is 22.3. The van der Waals surface area contributed by atoms with Gasteiger partial charge in [0.1, 0.15) is 5.82 Å². The molecule has 28 heavy (non-hydrogen) atoms. The fraction of sp³-hybridized carbons (Fsp3) is 0.389. The average molecular weight is 518 g/mol. The summed E-state index contributed by atoms with van der Waals surface area (Å²) in [5.74, 6) is 2.82. The second kappa shape index (κ2) is 10.5. The third kappa shape index (κ3) is 5.74. The van der Waals surface area contributed by atoms with Gasteiger partial charge in [-0.1, -0.05) is 11.6 Å². The summed E-state index contributed by atoms with van der Waals surface area (Å²) in [7, 11) is 3.99. The summed E-state index contributed by atoms with van der Waals surface area (Å²) in [5, 5.41) is 11.2. The molecule has 0 aliphatic heterocycles. The van der Waals surface area contributed by atoms with E-state index >= 15 is 0 Å². The van der Waals surface area contributed by atoms with E-state index in [0.29, 0.717) is 31.1 Å². The third-order valence-corrected chi connectivity index (χ3v) is 4.26. The quantitative estimate of drug-likeness (QED) is 0.285. The molecule has 10 heteroatoms. The zero-order valence-electron chi connectivity index (χ0n) is 16.1. The lowest BCUT2D eigenvalue weighted by molar-refractivity contribution is 0.462. The Labute approximate surface area is 186 Å². The van der Waals surface area contributed by atoms with Gasteiger partial charge in [0.25, 0.3) is 0 Å². The lowest BCUT2D eigenvalue weighted by Crippen LogP contribution is -2.39. The van der Waals surface area contributed by atoms with Gasteiger partial charge in [-0.25, -0.2) is 4.98 Å². The average Bonchev–Trinajstić information content (AvgIpc) is 3.36. The first-order chi connectivity index (χ1) is 13.1. The van der Waals surface area contributed by atoms with E-state index < -0.39 is 0 Å². The molecule has 0 aliphatic carbocycles. The fourth-order valence-corrected chi connectivity index (χ4v) is 2.97. The van der Waals surface area contributed by atoms with Gasteiger partial charge in [-0.2, -0.15) is 5.10 Å². The highest BCUT2D eigenvalue weighted by Crippen LogP contribution is 2.15. The largest absolute Gasteiger partial charge is 0.461 e. The van der Waals surface area contributed by atoms with Crippen LogP contribution in [0.25, 0.3) is 11.6 Å². The van der Waals surface area contributed by atoms with Crippen LogP contribution in [0.5, 0.6) is 0 Å². The van der Waals surface area contributed by atoms with E-state index in [1.54, 1.807) is 6.26 Å². The maximum Gasteiger partial charge on any atom is 0.216 e. The Kier molecular flexibility index (Phi) is 8.36. The first-order valence-electron chi connectivity index (χ1n) is 8.82. The molecule has 3 aromatic heterocycles.